The van der Waals surface area contributed by atoms with Crippen LogP contribution in [-0.2, 0) is 4.79 Å². The second-order valence-corrected chi connectivity index (χ2v) is 6.19. The SMILES string of the molecule is C[CH]([GeH3])C(C)C(=O)O. The van der Waals surface area contributed by atoms with Gasteiger partial charge in [0.2, 0.25) is 0 Å². The summed E-state index contributed by atoms with van der Waals surface area (Å²) in [4.78, 5) is 10.2. The summed E-state index contributed by atoms with van der Waals surface area (Å²) in [5, 5.41) is 8.38. The van der Waals surface area contributed by atoms with Crippen LogP contribution in [0.3, 0.4) is 0 Å². The zero-order chi connectivity index (χ0) is 6.73. The van der Waals surface area contributed by atoms with Crippen LogP contribution in [0.1, 0.15) is 13.8 Å². The van der Waals surface area contributed by atoms with Gasteiger partial charge in [-0.25, -0.2) is 0 Å². The fourth-order valence-electron chi connectivity index (χ4n) is 0.285. The Morgan fingerprint density at radius 1 is 1.62 bits per heavy atom. The van der Waals surface area contributed by atoms with Crippen molar-refractivity contribution in [3.05, 3.63) is 0 Å². The Labute approximate surface area is 57.5 Å². The van der Waals surface area contributed by atoms with E-state index in [9.17, 15) is 4.79 Å². The summed E-state index contributed by atoms with van der Waals surface area (Å²) in [6.07, 6.45) is 0. The van der Waals surface area contributed by atoms with E-state index in [1.54, 1.807) is 6.92 Å². The Balaban J connectivity index is 3.64. The standard InChI is InChI=1S/C5H12GeO2/c1-3(4(2)6)5(7)8/h3-4H,1-2,6H3,(H,7,8). The summed E-state index contributed by atoms with van der Waals surface area (Å²) < 4.78 is 0.431. The summed E-state index contributed by atoms with van der Waals surface area (Å²) in [6.45, 7) is 3.75. The molecular formula is C5H12GeO2. The van der Waals surface area contributed by atoms with E-state index in [1.807, 2.05) is 6.92 Å². The van der Waals surface area contributed by atoms with Crippen molar-refractivity contribution >= 4 is 22.5 Å². The van der Waals surface area contributed by atoms with Crippen molar-refractivity contribution in [3.8, 4) is 0 Å². The topological polar surface area (TPSA) is 37.3 Å². The van der Waals surface area contributed by atoms with Crippen LogP contribution in [0.15, 0.2) is 0 Å². The zero-order valence-corrected chi connectivity index (χ0v) is 9.71. The fourth-order valence-corrected chi connectivity index (χ4v) is 0.883. The first-order chi connectivity index (χ1) is 3.55. The summed E-state index contributed by atoms with van der Waals surface area (Å²) in [5.74, 6) is -0.791. The number of aliphatic carboxylic acids is 1. The Bertz CT molecular complexity index is 90.4. The van der Waals surface area contributed by atoms with Crippen molar-refractivity contribution in [3.63, 3.8) is 0 Å². The second kappa shape index (κ2) is 3.12. The predicted molar refractivity (Wildman–Crippen MR) is 36.2 cm³/mol. The van der Waals surface area contributed by atoms with Gasteiger partial charge < -0.3 is 0 Å². The average Bonchev–Trinajstić information content (AvgIpc) is 1.64. The molecule has 0 amide bonds. The predicted octanol–water partition coefficient (Wildman–Crippen LogP) is -0.119. The van der Waals surface area contributed by atoms with Crippen LogP contribution in [0.25, 0.3) is 0 Å². The molecule has 0 aliphatic heterocycles. The van der Waals surface area contributed by atoms with Crippen LogP contribution in [0, 0.1) is 5.92 Å². The minimum absolute atomic E-state index is 0.130. The van der Waals surface area contributed by atoms with Gasteiger partial charge in [0, 0.05) is 0 Å². The van der Waals surface area contributed by atoms with Crippen molar-refractivity contribution in [2.24, 2.45) is 5.92 Å². The van der Waals surface area contributed by atoms with E-state index in [0.29, 0.717) is 21.3 Å². The van der Waals surface area contributed by atoms with E-state index in [4.69, 9.17) is 5.11 Å². The third kappa shape index (κ3) is 2.35. The number of hydrogen-bond acceptors (Lipinski definition) is 1. The van der Waals surface area contributed by atoms with Gasteiger partial charge in [-0.1, -0.05) is 0 Å². The van der Waals surface area contributed by atoms with Gasteiger partial charge in [-0.15, -0.1) is 0 Å². The van der Waals surface area contributed by atoms with Crippen LogP contribution in [-0.4, -0.2) is 27.6 Å². The first-order valence-corrected chi connectivity index (χ1v) is 5.20. The molecular weight excluding hydrogens is 165 g/mol. The normalized spacial score (nSPS) is 17.8. The molecule has 0 aromatic carbocycles. The van der Waals surface area contributed by atoms with E-state index in [2.05, 4.69) is 0 Å². The number of carboxylic acids is 1. The fraction of sp³-hybridized carbons (Fsp3) is 0.800. The van der Waals surface area contributed by atoms with E-state index in [-0.39, 0.29) is 5.92 Å². The van der Waals surface area contributed by atoms with Crippen molar-refractivity contribution in [1.82, 2.24) is 0 Å². The van der Waals surface area contributed by atoms with Crippen molar-refractivity contribution < 1.29 is 9.90 Å². The Morgan fingerprint density at radius 2 is 2.00 bits per heavy atom. The van der Waals surface area contributed by atoms with Gasteiger partial charge in [-0.2, -0.15) is 0 Å². The van der Waals surface area contributed by atoms with Gasteiger partial charge >= 0.3 is 56.9 Å². The molecule has 0 aliphatic carbocycles. The number of carboxylic acid groups (broad SMARTS) is 1. The molecule has 0 rings (SSSR count). The van der Waals surface area contributed by atoms with E-state index >= 15 is 0 Å². The van der Waals surface area contributed by atoms with E-state index < -0.39 is 5.97 Å². The molecule has 3 heteroatoms. The average molecular weight is 177 g/mol. The maximum absolute atomic E-state index is 10.2. The molecule has 0 spiro atoms. The zero-order valence-electron chi connectivity index (χ0n) is 5.51. The number of hydrogen-bond donors (Lipinski definition) is 1. The van der Waals surface area contributed by atoms with Gasteiger partial charge in [-0.05, 0) is 0 Å². The Morgan fingerprint density at radius 3 is 2.00 bits per heavy atom. The molecule has 8 heavy (non-hydrogen) atoms. The van der Waals surface area contributed by atoms with Crippen LogP contribution < -0.4 is 0 Å². The quantitative estimate of drug-likeness (QED) is 0.596. The molecule has 0 saturated heterocycles. The molecule has 2 unspecified atom stereocenters. The summed E-state index contributed by atoms with van der Waals surface area (Å²) in [6, 6.07) is 0. The van der Waals surface area contributed by atoms with Crippen LogP contribution in [0.4, 0.5) is 0 Å². The van der Waals surface area contributed by atoms with Crippen LogP contribution >= 0.6 is 0 Å². The van der Waals surface area contributed by atoms with Crippen molar-refractivity contribution in [1.29, 1.82) is 0 Å². The first kappa shape index (κ1) is 8.01. The Kier molecular flexibility index (Phi) is 3.13. The molecule has 0 aromatic heterocycles. The molecule has 2 nitrogen and oxygen atoms in total. The van der Waals surface area contributed by atoms with E-state index in [1.165, 1.54) is 0 Å². The van der Waals surface area contributed by atoms with Crippen molar-refractivity contribution in [2.45, 2.75) is 18.6 Å². The summed E-state index contributed by atoms with van der Waals surface area (Å²) >= 11 is 0.644. The first-order valence-electron chi connectivity index (χ1n) is 2.78. The summed E-state index contributed by atoms with van der Waals surface area (Å²) in [5.41, 5.74) is 0. The van der Waals surface area contributed by atoms with Gasteiger partial charge in [0.15, 0.2) is 0 Å². The molecule has 0 bridgehead atoms. The summed E-state index contributed by atoms with van der Waals surface area (Å²) in [7, 11) is 0. The molecule has 0 saturated carbocycles. The third-order valence-corrected chi connectivity index (χ3v) is 3.49. The van der Waals surface area contributed by atoms with Crippen molar-refractivity contribution in [2.75, 3.05) is 0 Å². The molecule has 0 fully saturated rings. The minimum atomic E-state index is -0.661. The maximum atomic E-state index is 10.2. The molecule has 0 aromatic rings. The van der Waals surface area contributed by atoms with Gasteiger partial charge in [0.25, 0.3) is 0 Å². The molecule has 0 radical (unpaired) electrons. The molecule has 2 atom stereocenters. The Hall–Kier alpha value is 0.0129. The van der Waals surface area contributed by atoms with Gasteiger partial charge in [0.05, 0.1) is 0 Å². The van der Waals surface area contributed by atoms with Gasteiger partial charge in [0.1, 0.15) is 0 Å². The van der Waals surface area contributed by atoms with E-state index in [0.717, 1.165) is 0 Å². The number of carbonyl (C=O) groups is 1. The number of rotatable bonds is 2. The van der Waals surface area contributed by atoms with Crippen LogP contribution in [0.2, 0.25) is 4.75 Å². The molecule has 0 heterocycles. The molecule has 1 N–H and O–H groups in total. The third-order valence-electron chi connectivity index (χ3n) is 1.39. The molecule has 48 valence electrons. The monoisotopic (exact) mass is 178 g/mol. The van der Waals surface area contributed by atoms with Gasteiger partial charge in [-0.3, -0.25) is 0 Å². The molecule has 0 aliphatic rings. The second-order valence-electron chi connectivity index (χ2n) is 2.37. The van der Waals surface area contributed by atoms with Crippen LogP contribution in [0.5, 0.6) is 0 Å².